The molecule has 0 N–H and O–H groups in total. The summed E-state index contributed by atoms with van der Waals surface area (Å²) in [5.74, 6) is 0. The summed E-state index contributed by atoms with van der Waals surface area (Å²) < 4.78 is 107. The first-order valence-corrected chi connectivity index (χ1v) is 16.2. The minimum Gasteiger partial charge on any atom is -0.455 e. The monoisotopic (exact) mass is 648 g/mol. The maximum Gasteiger partial charge on any atom is 0.143 e. The van der Waals surface area contributed by atoms with Crippen LogP contribution < -0.4 is 4.90 Å². The Morgan fingerprint density at radius 3 is 2.06 bits per heavy atom. The van der Waals surface area contributed by atoms with E-state index in [1.807, 2.05) is 91.0 Å². The first-order chi connectivity index (χ1) is 29.4. The molecule has 0 amide bonds. The number of hydrogen-bond acceptors (Lipinski definition) is 2. The third-order valence-corrected chi connectivity index (χ3v) is 9.21. The van der Waals surface area contributed by atoms with Crippen molar-refractivity contribution in [2.45, 2.75) is 0 Å². The highest BCUT2D eigenvalue weighted by Gasteiger charge is 2.19. The summed E-state index contributed by atoms with van der Waals surface area (Å²) in [5, 5.41) is 4.63. The molecule has 0 saturated carbocycles. The van der Waals surface area contributed by atoms with Gasteiger partial charge in [-0.15, -0.1) is 0 Å². The molecule has 10 rings (SSSR count). The Morgan fingerprint density at radius 1 is 0.440 bits per heavy atom. The van der Waals surface area contributed by atoms with Gasteiger partial charge in [-0.05, 0) is 86.2 Å². The molecule has 0 unspecified atom stereocenters. The van der Waals surface area contributed by atoms with Crippen LogP contribution in [0.2, 0.25) is 0 Å². The molecule has 0 aliphatic heterocycles. The lowest BCUT2D eigenvalue weighted by Crippen LogP contribution is -2.10. The van der Waals surface area contributed by atoms with E-state index in [-0.39, 0.29) is 45.5 Å². The van der Waals surface area contributed by atoms with Crippen molar-refractivity contribution in [2.24, 2.45) is 0 Å². The van der Waals surface area contributed by atoms with E-state index in [2.05, 4.69) is 0 Å². The Kier molecular flexibility index (Phi) is 4.46. The van der Waals surface area contributed by atoms with E-state index in [9.17, 15) is 6.85 Å². The van der Waals surface area contributed by atoms with Gasteiger partial charge in [0.15, 0.2) is 0 Å². The van der Waals surface area contributed by atoms with Gasteiger partial charge >= 0.3 is 0 Å². The Labute approximate surface area is 305 Å². The van der Waals surface area contributed by atoms with Crippen LogP contribution >= 0.6 is 0 Å². The van der Waals surface area contributed by atoms with Crippen LogP contribution in [0.5, 0.6) is 0 Å². The van der Waals surface area contributed by atoms with Crippen LogP contribution in [0.1, 0.15) is 15.1 Å². The van der Waals surface area contributed by atoms with Crippen LogP contribution in [-0.4, -0.2) is 0 Å². The zero-order chi connectivity index (χ0) is 42.6. The number of fused-ring (bicyclic) bond motifs is 7. The second kappa shape index (κ2) is 11.5. The Bertz CT molecular complexity index is 3480. The van der Waals surface area contributed by atoms with Crippen molar-refractivity contribution in [3.8, 4) is 22.3 Å². The first kappa shape index (κ1) is 19.4. The molecule has 1 aromatic heterocycles. The fourth-order valence-electron chi connectivity index (χ4n) is 6.94. The number of nitrogens with zero attached hydrogens (tertiary/aromatic N) is 1. The van der Waals surface area contributed by atoms with Gasteiger partial charge in [-0.2, -0.15) is 0 Å². The topological polar surface area (TPSA) is 16.4 Å². The fraction of sp³-hybridized carbons (Fsp3) is 0. The lowest BCUT2D eigenvalue weighted by Gasteiger charge is -2.27. The third kappa shape index (κ3) is 4.57. The van der Waals surface area contributed by atoms with Crippen molar-refractivity contribution in [1.29, 1.82) is 0 Å². The molecule has 1 heterocycles. The van der Waals surface area contributed by atoms with Gasteiger partial charge in [0.2, 0.25) is 0 Å². The van der Waals surface area contributed by atoms with E-state index < -0.39 is 54.4 Å². The summed E-state index contributed by atoms with van der Waals surface area (Å²) in [6, 6.07) is 31.5. The van der Waals surface area contributed by atoms with E-state index in [1.54, 1.807) is 30.3 Å². The predicted molar refractivity (Wildman–Crippen MR) is 212 cm³/mol. The summed E-state index contributed by atoms with van der Waals surface area (Å²) >= 11 is 0. The average Bonchev–Trinajstić information content (AvgIpc) is 3.68. The molecule has 0 bridgehead atoms. The molecule has 0 aliphatic carbocycles. The highest BCUT2D eigenvalue weighted by Crippen LogP contribution is 2.43. The van der Waals surface area contributed by atoms with E-state index in [0.29, 0.717) is 22.3 Å². The molecule has 2 heteroatoms. The van der Waals surface area contributed by atoms with Gasteiger partial charge in [0, 0.05) is 32.9 Å². The normalized spacial score (nSPS) is 14.7. The Balaban J connectivity index is 1.30. The summed E-state index contributed by atoms with van der Waals surface area (Å²) in [6.07, 6.45) is 0. The quantitative estimate of drug-likeness (QED) is 0.185. The molecule has 0 atom stereocenters. The van der Waals surface area contributed by atoms with Crippen molar-refractivity contribution in [1.82, 2.24) is 0 Å². The minimum absolute atomic E-state index is 0.0517. The predicted octanol–water partition coefficient (Wildman–Crippen LogP) is 13.8. The first-order valence-electron chi connectivity index (χ1n) is 21.7. The standard InChI is InChI=1S/C48H31NO/c1-4-18-39-32(11-1)14-8-21-40(39)35-25-28-37(29-26-35)49(45-23-9-15-33-12-2-5-19-41(33)45)38-17-7-16-36(31-38)42-22-10-24-46-47(42)44-30-27-34-13-3-6-20-43(34)48(44)50-46/h1-31H/i2D,5D,9D,12D,15D,19D,23D,25D,26D,28D,29D. The van der Waals surface area contributed by atoms with Crippen molar-refractivity contribution in [2.75, 3.05) is 4.90 Å². The molecule has 50 heavy (non-hydrogen) atoms. The van der Waals surface area contributed by atoms with Gasteiger partial charge in [-0.25, -0.2) is 0 Å². The number of hydrogen-bond donors (Lipinski definition) is 0. The van der Waals surface area contributed by atoms with Gasteiger partial charge in [-0.3, -0.25) is 0 Å². The lowest BCUT2D eigenvalue weighted by atomic mass is 9.97. The molecule has 10 aromatic rings. The minimum atomic E-state index is -0.641. The van der Waals surface area contributed by atoms with Crippen LogP contribution in [0.3, 0.4) is 0 Å². The number of rotatable bonds is 5. The van der Waals surface area contributed by atoms with Crippen molar-refractivity contribution in [3.05, 3.63) is 188 Å². The van der Waals surface area contributed by atoms with Gasteiger partial charge in [0.1, 0.15) is 11.2 Å². The van der Waals surface area contributed by atoms with Crippen molar-refractivity contribution >= 4 is 71.3 Å². The third-order valence-electron chi connectivity index (χ3n) is 9.21. The molecule has 0 saturated heterocycles. The van der Waals surface area contributed by atoms with E-state index in [1.165, 1.54) is 4.90 Å². The summed E-state index contributed by atoms with van der Waals surface area (Å²) in [4.78, 5) is 1.28. The van der Waals surface area contributed by atoms with Gasteiger partial charge in [-0.1, -0.05) is 145 Å². The molecule has 0 spiro atoms. The van der Waals surface area contributed by atoms with Crippen LogP contribution in [0, 0.1) is 0 Å². The fourth-order valence-corrected chi connectivity index (χ4v) is 6.94. The highest BCUT2D eigenvalue weighted by molar-refractivity contribution is 6.19. The average molecular weight is 649 g/mol. The van der Waals surface area contributed by atoms with Crippen LogP contribution in [0.15, 0.2) is 192 Å². The van der Waals surface area contributed by atoms with Crippen LogP contribution in [-0.2, 0) is 0 Å². The lowest BCUT2D eigenvalue weighted by molar-refractivity contribution is 0.673. The Hall–Kier alpha value is -6.64. The number of furan rings is 1. The number of benzene rings is 9. The zero-order valence-electron chi connectivity index (χ0n) is 37.4. The van der Waals surface area contributed by atoms with Crippen LogP contribution in [0.4, 0.5) is 17.1 Å². The van der Waals surface area contributed by atoms with Crippen molar-refractivity contribution in [3.63, 3.8) is 0 Å². The molecule has 9 aromatic carbocycles. The van der Waals surface area contributed by atoms with E-state index >= 15 is 0 Å². The second-order valence-corrected chi connectivity index (χ2v) is 12.1. The largest absolute Gasteiger partial charge is 0.455 e. The molecular formula is C48H31NO. The van der Waals surface area contributed by atoms with Gasteiger partial charge in [0.05, 0.1) is 20.8 Å². The van der Waals surface area contributed by atoms with Crippen molar-refractivity contribution < 1.29 is 19.5 Å². The van der Waals surface area contributed by atoms with E-state index in [0.717, 1.165) is 37.9 Å². The SMILES string of the molecule is [2H]c1c([2H])c(N(c2cccc(-c3cccc4oc5c6ccccc6ccc5c34)c2)c2c([2H])c([2H])c([2H])c3c([2H])c([2H])c([2H])c([2H])c23)c([2H])c([2H])c1-c1cccc2ccccc12. The summed E-state index contributed by atoms with van der Waals surface area (Å²) in [7, 11) is 0. The maximum atomic E-state index is 9.63. The summed E-state index contributed by atoms with van der Waals surface area (Å²) in [6.45, 7) is 0. The Morgan fingerprint density at radius 2 is 1.16 bits per heavy atom. The second-order valence-electron chi connectivity index (χ2n) is 12.1. The molecule has 234 valence electrons. The van der Waals surface area contributed by atoms with Gasteiger partial charge < -0.3 is 9.32 Å². The molecule has 0 aliphatic rings. The summed E-state index contributed by atoms with van der Waals surface area (Å²) in [5.41, 5.74) is 2.90. The molecule has 0 radical (unpaired) electrons. The van der Waals surface area contributed by atoms with Gasteiger partial charge in [0.25, 0.3) is 0 Å². The highest BCUT2D eigenvalue weighted by atomic mass is 16.3. The van der Waals surface area contributed by atoms with E-state index in [4.69, 9.17) is 12.6 Å². The zero-order valence-corrected chi connectivity index (χ0v) is 26.4. The van der Waals surface area contributed by atoms with Crippen LogP contribution in [0.25, 0.3) is 76.5 Å². The number of anilines is 3. The smallest absolute Gasteiger partial charge is 0.143 e. The molecular weight excluding hydrogens is 607 g/mol. The molecule has 0 fully saturated rings. The molecule has 2 nitrogen and oxygen atoms in total. The maximum absolute atomic E-state index is 9.63.